The number of carbonyl (C=O) groups excluding carboxylic acids is 1. The molecule has 2 amide bonds. The standard InChI is InChI=1S/C37H40ClN3O4S/c1-5-45-30-19-16-26(24-12-10-23(21-39)11-13-24)20-27(30)22-41(35(42)33-32(38)29-8-6-7-9-31(29)46-33)28-17-14-25(15-18-28)34(37(2,3)4)40-36(43)44/h6-13,16,19-20,25,28,34,40H,5,14-15,17-18,22H2,1-4H3,(H,43,44). The average molecular weight is 658 g/mol. The van der Waals surface area contributed by atoms with Crippen molar-refractivity contribution in [1.82, 2.24) is 10.2 Å². The first-order valence-electron chi connectivity index (χ1n) is 15.7. The average Bonchev–Trinajstić information content (AvgIpc) is 3.38. The molecule has 4 aromatic rings. The van der Waals surface area contributed by atoms with Crippen molar-refractivity contribution in [3.05, 3.63) is 87.8 Å². The van der Waals surface area contributed by atoms with Gasteiger partial charge in [-0.3, -0.25) is 4.79 Å². The number of hydrogen-bond donors (Lipinski definition) is 2. The first kappa shape index (κ1) is 33.3. The molecule has 0 aliphatic heterocycles. The van der Waals surface area contributed by atoms with Crippen LogP contribution in [0.4, 0.5) is 4.79 Å². The number of fused-ring (bicyclic) bond motifs is 1. The number of carbonyl (C=O) groups is 2. The SMILES string of the molecule is CCOc1ccc(-c2ccc(C#N)cc2)cc1CN(C(=O)c1sc2ccccc2c1Cl)C1CCC(C(NC(=O)O)C(C)(C)C)CC1. The van der Waals surface area contributed by atoms with Gasteiger partial charge in [-0.1, -0.05) is 68.8 Å². The Hall–Kier alpha value is -4.06. The van der Waals surface area contributed by atoms with E-state index in [1.54, 1.807) is 12.1 Å². The molecule has 5 rings (SSSR count). The number of rotatable bonds is 9. The van der Waals surface area contributed by atoms with Crippen LogP contribution in [0.25, 0.3) is 21.2 Å². The fraction of sp³-hybridized carbons (Fsp3) is 0.378. The molecule has 3 aromatic carbocycles. The zero-order valence-corrected chi connectivity index (χ0v) is 28.3. The molecule has 46 heavy (non-hydrogen) atoms. The number of nitriles is 1. The zero-order chi connectivity index (χ0) is 33.0. The Balaban J connectivity index is 1.51. The van der Waals surface area contributed by atoms with Crippen molar-refractivity contribution in [1.29, 1.82) is 5.26 Å². The lowest BCUT2D eigenvalue weighted by Crippen LogP contribution is -2.50. The van der Waals surface area contributed by atoms with Crippen molar-refractivity contribution >= 4 is 45.0 Å². The maximum atomic E-state index is 14.5. The third-order valence-electron chi connectivity index (χ3n) is 8.90. The van der Waals surface area contributed by atoms with Gasteiger partial charge in [0, 0.05) is 34.3 Å². The number of carboxylic acid groups (broad SMARTS) is 1. The second kappa shape index (κ2) is 14.1. The van der Waals surface area contributed by atoms with Crippen LogP contribution in [-0.4, -0.2) is 40.7 Å². The van der Waals surface area contributed by atoms with E-state index in [1.165, 1.54) is 11.3 Å². The van der Waals surface area contributed by atoms with E-state index >= 15 is 0 Å². The smallest absolute Gasteiger partial charge is 0.404 e. The zero-order valence-electron chi connectivity index (χ0n) is 26.7. The van der Waals surface area contributed by atoms with Crippen LogP contribution in [-0.2, 0) is 6.54 Å². The second-order valence-corrected chi connectivity index (χ2v) is 14.4. The quantitative estimate of drug-likeness (QED) is 0.187. The number of thiophene rings is 1. The Morgan fingerprint density at radius 2 is 1.74 bits per heavy atom. The van der Waals surface area contributed by atoms with Gasteiger partial charge in [0.2, 0.25) is 0 Å². The summed E-state index contributed by atoms with van der Waals surface area (Å²) in [5.74, 6) is 0.764. The lowest BCUT2D eigenvalue weighted by atomic mass is 9.72. The fourth-order valence-corrected chi connectivity index (χ4v) is 8.14. The van der Waals surface area contributed by atoms with Gasteiger partial charge in [0.15, 0.2) is 0 Å². The third kappa shape index (κ3) is 7.32. The molecule has 1 saturated carbocycles. The molecular weight excluding hydrogens is 618 g/mol. The van der Waals surface area contributed by atoms with E-state index in [9.17, 15) is 20.0 Å². The van der Waals surface area contributed by atoms with E-state index in [2.05, 4.69) is 38.2 Å². The topological polar surface area (TPSA) is 103 Å². The summed E-state index contributed by atoms with van der Waals surface area (Å²) in [5, 5.41) is 22.9. The number of nitrogens with one attached hydrogen (secondary N) is 1. The maximum absolute atomic E-state index is 14.5. The number of amides is 2. The Morgan fingerprint density at radius 1 is 1.07 bits per heavy atom. The predicted octanol–water partition coefficient (Wildman–Crippen LogP) is 9.38. The van der Waals surface area contributed by atoms with Crippen LogP contribution in [0.2, 0.25) is 5.02 Å². The van der Waals surface area contributed by atoms with Crippen LogP contribution in [0.1, 0.15) is 74.2 Å². The van der Waals surface area contributed by atoms with Crippen LogP contribution in [0.5, 0.6) is 5.75 Å². The van der Waals surface area contributed by atoms with Gasteiger partial charge < -0.3 is 20.1 Å². The van der Waals surface area contributed by atoms with Gasteiger partial charge in [0.1, 0.15) is 10.6 Å². The summed E-state index contributed by atoms with van der Waals surface area (Å²) in [4.78, 5) is 28.7. The van der Waals surface area contributed by atoms with E-state index in [4.69, 9.17) is 16.3 Å². The molecule has 7 nitrogen and oxygen atoms in total. The molecule has 240 valence electrons. The summed E-state index contributed by atoms with van der Waals surface area (Å²) >= 11 is 8.28. The molecular formula is C37H40ClN3O4S. The number of halogens is 1. The second-order valence-electron chi connectivity index (χ2n) is 13.0. The van der Waals surface area contributed by atoms with Crippen LogP contribution >= 0.6 is 22.9 Å². The van der Waals surface area contributed by atoms with Crippen molar-refractivity contribution in [2.24, 2.45) is 11.3 Å². The Labute approximate surface area is 279 Å². The molecule has 1 aliphatic rings. The highest BCUT2D eigenvalue weighted by Crippen LogP contribution is 2.41. The Kier molecular flexibility index (Phi) is 10.2. The Bertz CT molecular complexity index is 1750. The number of ether oxygens (including phenoxy) is 1. The van der Waals surface area contributed by atoms with Crippen LogP contribution < -0.4 is 10.1 Å². The summed E-state index contributed by atoms with van der Waals surface area (Å²) in [6.45, 7) is 8.94. The molecule has 1 atom stereocenters. The summed E-state index contributed by atoms with van der Waals surface area (Å²) in [5.41, 5.74) is 3.17. The monoisotopic (exact) mass is 657 g/mol. The minimum atomic E-state index is -1.01. The first-order valence-corrected chi connectivity index (χ1v) is 16.9. The van der Waals surface area contributed by atoms with Gasteiger partial charge in [-0.25, -0.2) is 4.79 Å². The summed E-state index contributed by atoms with van der Waals surface area (Å²) in [6, 6.07) is 23.2. The van der Waals surface area contributed by atoms with Gasteiger partial charge in [0.25, 0.3) is 5.91 Å². The van der Waals surface area contributed by atoms with Crippen molar-refractivity contribution < 1.29 is 19.4 Å². The molecule has 0 saturated heterocycles. The molecule has 1 heterocycles. The fourth-order valence-electron chi connectivity index (χ4n) is 6.67. The van der Waals surface area contributed by atoms with Gasteiger partial charge in [-0.2, -0.15) is 5.26 Å². The Morgan fingerprint density at radius 3 is 2.35 bits per heavy atom. The lowest BCUT2D eigenvalue weighted by molar-refractivity contribution is 0.0543. The van der Waals surface area contributed by atoms with E-state index < -0.39 is 6.09 Å². The summed E-state index contributed by atoms with van der Waals surface area (Å²) < 4.78 is 7.03. The van der Waals surface area contributed by atoms with Gasteiger partial charge >= 0.3 is 6.09 Å². The largest absolute Gasteiger partial charge is 0.494 e. The van der Waals surface area contributed by atoms with Crippen molar-refractivity contribution in [3.63, 3.8) is 0 Å². The van der Waals surface area contributed by atoms with Crippen molar-refractivity contribution in [2.45, 2.75) is 72.0 Å². The van der Waals surface area contributed by atoms with Gasteiger partial charge in [0.05, 0.1) is 23.3 Å². The highest BCUT2D eigenvalue weighted by Gasteiger charge is 2.38. The molecule has 1 aliphatic carbocycles. The molecule has 1 aromatic heterocycles. The predicted molar refractivity (Wildman–Crippen MR) is 185 cm³/mol. The van der Waals surface area contributed by atoms with E-state index in [0.717, 1.165) is 52.5 Å². The van der Waals surface area contributed by atoms with E-state index in [-0.39, 0.29) is 29.3 Å². The van der Waals surface area contributed by atoms with Crippen LogP contribution in [0, 0.1) is 22.7 Å². The first-order chi connectivity index (χ1) is 22.0. The van der Waals surface area contributed by atoms with Crippen LogP contribution in [0.15, 0.2) is 66.7 Å². The molecule has 0 spiro atoms. The maximum Gasteiger partial charge on any atom is 0.404 e. The van der Waals surface area contributed by atoms with Crippen molar-refractivity contribution in [3.8, 4) is 22.9 Å². The summed E-state index contributed by atoms with van der Waals surface area (Å²) in [7, 11) is 0. The lowest BCUT2D eigenvalue weighted by Gasteiger charge is -2.43. The number of hydrogen-bond acceptors (Lipinski definition) is 5. The van der Waals surface area contributed by atoms with Crippen LogP contribution in [0.3, 0.4) is 0 Å². The number of benzene rings is 3. The normalized spacial score (nSPS) is 17.2. The molecule has 0 radical (unpaired) electrons. The highest BCUT2D eigenvalue weighted by atomic mass is 35.5. The minimum absolute atomic E-state index is 0.0662. The molecule has 2 N–H and O–H groups in total. The molecule has 1 unspecified atom stereocenters. The summed E-state index contributed by atoms with van der Waals surface area (Å²) in [6.07, 6.45) is 2.06. The van der Waals surface area contributed by atoms with Gasteiger partial charge in [-0.05, 0) is 85.4 Å². The van der Waals surface area contributed by atoms with Crippen molar-refractivity contribution in [2.75, 3.05) is 6.61 Å². The van der Waals surface area contributed by atoms with E-state index in [1.807, 2.05) is 60.4 Å². The molecule has 1 fully saturated rings. The third-order valence-corrected chi connectivity index (χ3v) is 10.6. The number of nitrogens with zero attached hydrogens (tertiary/aromatic N) is 2. The highest BCUT2D eigenvalue weighted by molar-refractivity contribution is 7.21. The van der Waals surface area contributed by atoms with Gasteiger partial charge in [-0.15, -0.1) is 11.3 Å². The molecule has 0 bridgehead atoms. The molecule has 9 heteroatoms. The van der Waals surface area contributed by atoms with E-state index in [0.29, 0.717) is 34.4 Å². The minimum Gasteiger partial charge on any atom is -0.494 e.